The second kappa shape index (κ2) is 6.89. The zero-order valence-corrected chi connectivity index (χ0v) is 14.1. The van der Waals surface area contributed by atoms with Gasteiger partial charge in [0.25, 0.3) is 0 Å². The van der Waals surface area contributed by atoms with Gasteiger partial charge in [-0.25, -0.2) is 8.42 Å². The highest BCUT2D eigenvalue weighted by atomic mass is 79.9. The summed E-state index contributed by atoms with van der Waals surface area (Å²) in [7, 11) is -3.91. The van der Waals surface area contributed by atoms with E-state index in [1.54, 1.807) is 0 Å². The van der Waals surface area contributed by atoms with E-state index in [-0.39, 0.29) is 17.2 Å². The van der Waals surface area contributed by atoms with Crippen LogP contribution in [-0.2, 0) is 14.8 Å². The molecule has 0 saturated heterocycles. The Morgan fingerprint density at radius 2 is 2.05 bits per heavy atom. The molecule has 0 fully saturated rings. The predicted octanol–water partition coefficient (Wildman–Crippen LogP) is 2.88. The van der Waals surface area contributed by atoms with Crippen LogP contribution in [-0.4, -0.2) is 25.5 Å². The van der Waals surface area contributed by atoms with Crippen LogP contribution in [0, 0.1) is 5.92 Å². The van der Waals surface area contributed by atoms with Crippen molar-refractivity contribution in [2.24, 2.45) is 5.92 Å². The fourth-order valence-corrected chi connectivity index (χ4v) is 3.45. The second-order valence-corrected chi connectivity index (χ2v) is 7.69. The smallest absolute Gasteiger partial charge is 0.321 e. The average Bonchev–Trinajstić information content (AvgIpc) is 2.30. The van der Waals surface area contributed by atoms with Crippen LogP contribution < -0.4 is 4.72 Å². The number of aliphatic carboxylic acids is 1. The molecule has 0 bridgehead atoms. The Labute approximate surface area is 131 Å². The van der Waals surface area contributed by atoms with Crippen molar-refractivity contribution in [2.45, 2.75) is 31.2 Å². The fraction of sp³-hybridized carbons (Fsp3) is 0.417. The molecule has 0 radical (unpaired) electrons. The molecule has 2 N–H and O–H groups in total. The molecule has 0 aliphatic heterocycles. The third kappa shape index (κ3) is 4.73. The quantitative estimate of drug-likeness (QED) is 0.790. The van der Waals surface area contributed by atoms with Crippen molar-refractivity contribution >= 4 is 43.5 Å². The Bertz CT molecular complexity index is 603. The maximum Gasteiger partial charge on any atom is 0.321 e. The van der Waals surface area contributed by atoms with Gasteiger partial charge in [-0.2, -0.15) is 4.72 Å². The minimum absolute atomic E-state index is 0.0382. The van der Waals surface area contributed by atoms with E-state index >= 15 is 0 Å². The number of hydrogen-bond acceptors (Lipinski definition) is 3. The van der Waals surface area contributed by atoms with E-state index in [4.69, 9.17) is 16.7 Å². The molecule has 0 unspecified atom stereocenters. The fourth-order valence-electron chi connectivity index (χ4n) is 1.57. The van der Waals surface area contributed by atoms with Crippen molar-refractivity contribution in [3.63, 3.8) is 0 Å². The first-order chi connectivity index (χ1) is 9.13. The minimum atomic E-state index is -3.91. The number of sulfonamides is 1. The summed E-state index contributed by atoms with van der Waals surface area (Å²) >= 11 is 8.93. The lowest BCUT2D eigenvalue weighted by Crippen LogP contribution is -2.41. The lowest BCUT2D eigenvalue weighted by atomic mass is 10.1. The van der Waals surface area contributed by atoms with E-state index in [2.05, 4.69) is 20.7 Å². The van der Waals surface area contributed by atoms with Gasteiger partial charge in [-0.15, -0.1) is 0 Å². The van der Waals surface area contributed by atoms with Crippen molar-refractivity contribution in [1.82, 2.24) is 4.72 Å². The minimum Gasteiger partial charge on any atom is -0.480 e. The van der Waals surface area contributed by atoms with Crippen molar-refractivity contribution in [3.05, 3.63) is 27.7 Å². The summed E-state index contributed by atoms with van der Waals surface area (Å²) in [5.74, 6) is -1.15. The van der Waals surface area contributed by atoms with Gasteiger partial charge < -0.3 is 5.11 Å². The number of carboxylic acid groups (broad SMARTS) is 1. The van der Waals surface area contributed by atoms with Gasteiger partial charge in [0.15, 0.2) is 0 Å². The molecule has 8 heteroatoms. The first-order valence-electron chi connectivity index (χ1n) is 5.83. The zero-order valence-electron chi connectivity index (χ0n) is 10.9. The molecule has 0 aliphatic carbocycles. The van der Waals surface area contributed by atoms with Crippen LogP contribution in [0.15, 0.2) is 27.6 Å². The third-order valence-corrected chi connectivity index (χ3v) is 5.19. The number of rotatable bonds is 6. The van der Waals surface area contributed by atoms with Crippen LogP contribution in [0.3, 0.4) is 0 Å². The van der Waals surface area contributed by atoms with Gasteiger partial charge in [0.1, 0.15) is 6.04 Å². The number of carbonyl (C=O) groups is 1. The molecule has 20 heavy (non-hydrogen) atoms. The van der Waals surface area contributed by atoms with Gasteiger partial charge in [0.05, 0.1) is 9.92 Å². The molecule has 0 aromatic heterocycles. The number of nitrogens with one attached hydrogen (secondary N) is 1. The van der Waals surface area contributed by atoms with Gasteiger partial charge in [-0.3, -0.25) is 4.79 Å². The highest BCUT2D eigenvalue weighted by molar-refractivity contribution is 9.10. The molecule has 1 rings (SSSR count). The SMILES string of the molecule is CC(C)C[C@H](NS(=O)(=O)c1ccc(Cl)c(Br)c1)C(=O)O. The molecule has 0 saturated carbocycles. The van der Waals surface area contributed by atoms with E-state index in [0.717, 1.165) is 0 Å². The van der Waals surface area contributed by atoms with E-state index in [0.29, 0.717) is 9.50 Å². The second-order valence-electron chi connectivity index (χ2n) is 4.72. The number of carboxylic acids is 1. The molecule has 5 nitrogen and oxygen atoms in total. The normalized spacial score (nSPS) is 13.4. The lowest BCUT2D eigenvalue weighted by Gasteiger charge is -2.16. The molecular weight excluding hydrogens is 370 g/mol. The van der Waals surface area contributed by atoms with E-state index in [1.165, 1.54) is 18.2 Å². The van der Waals surface area contributed by atoms with Crippen molar-refractivity contribution in [3.8, 4) is 0 Å². The highest BCUT2D eigenvalue weighted by Gasteiger charge is 2.26. The number of halogens is 2. The third-order valence-electron chi connectivity index (χ3n) is 2.50. The summed E-state index contributed by atoms with van der Waals surface area (Å²) in [6.45, 7) is 3.65. The zero-order chi connectivity index (χ0) is 15.5. The Morgan fingerprint density at radius 3 is 2.50 bits per heavy atom. The molecule has 0 amide bonds. The largest absolute Gasteiger partial charge is 0.480 e. The van der Waals surface area contributed by atoms with Crippen LogP contribution >= 0.6 is 27.5 Å². The van der Waals surface area contributed by atoms with Gasteiger partial charge in [0, 0.05) is 4.47 Å². The number of benzene rings is 1. The average molecular weight is 385 g/mol. The highest BCUT2D eigenvalue weighted by Crippen LogP contribution is 2.25. The summed E-state index contributed by atoms with van der Waals surface area (Å²) in [5.41, 5.74) is 0. The van der Waals surface area contributed by atoms with Gasteiger partial charge in [0.2, 0.25) is 10.0 Å². The van der Waals surface area contributed by atoms with Crippen molar-refractivity contribution in [1.29, 1.82) is 0 Å². The van der Waals surface area contributed by atoms with E-state index < -0.39 is 22.0 Å². The van der Waals surface area contributed by atoms with Crippen LogP contribution in [0.4, 0.5) is 0 Å². The summed E-state index contributed by atoms with van der Waals surface area (Å²) in [6.07, 6.45) is 0.212. The van der Waals surface area contributed by atoms with E-state index in [9.17, 15) is 13.2 Å². The van der Waals surface area contributed by atoms with Gasteiger partial charge in [-0.1, -0.05) is 25.4 Å². The maximum absolute atomic E-state index is 12.2. The van der Waals surface area contributed by atoms with Crippen LogP contribution in [0.1, 0.15) is 20.3 Å². The standard InChI is InChI=1S/C12H15BrClNO4S/c1-7(2)5-11(12(16)17)15-20(18,19)8-3-4-10(14)9(13)6-8/h3-4,6-7,11,15H,5H2,1-2H3,(H,16,17)/t11-/m0/s1. The lowest BCUT2D eigenvalue weighted by molar-refractivity contribution is -0.139. The molecule has 0 aliphatic rings. The molecule has 1 aromatic carbocycles. The summed E-state index contributed by atoms with van der Waals surface area (Å²) in [4.78, 5) is 11.1. The Morgan fingerprint density at radius 1 is 1.45 bits per heavy atom. The monoisotopic (exact) mass is 383 g/mol. The summed E-state index contributed by atoms with van der Waals surface area (Å²) in [5, 5.41) is 9.45. The Kier molecular flexibility index (Phi) is 6.00. The van der Waals surface area contributed by atoms with Gasteiger partial charge in [-0.05, 0) is 46.5 Å². The maximum atomic E-state index is 12.2. The first-order valence-corrected chi connectivity index (χ1v) is 8.49. The molecular formula is C12H15BrClNO4S. The van der Waals surface area contributed by atoms with Crippen molar-refractivity contribution in [2.75, 3.05) is 0 Å². The Balaban J connectivity index is 3.03. The van der Waals surface area contributed by atoms with Crippen LogP contribution in [0.25, 0.3) is 0 Å². The number of hydrogen-bond donors (Lipinski definition) is 2. The van der Waals surface area contributed by atoms with Crippen LogP contribution in [0.5, 0.6) is 0 Å². The molecule has 0 heterocycles. The van der Waals surface area contributed by atoms with Crippen LogP contribution in [0.2, 0.25) is 5.02 Å². The van der Waals surface area contributed by atoms with Gasteiger partial charge >= 0.3 is 5.97 Å². The molecule has 1 atom stereocenters. The first kappa shape index (κ1) is 17.4. The topological polar surface area (TPSA) is 83.5 Å². The van der Waals surface area contributed by atoms with Crippen molar-refractivity contribution < 1.29 is 18.3 Å². The predicted molar refractivity (Wildman–Crippen MR) is 80.4 cm³/mol. The summed E-state index contributed by atoms with van der Waals surface area (Å²) < 4.78 is 26.9. The van der Waals surface area contributed by atoms with E-state index in [1.807, 2.05) is 13.8 Å². The Hall–Kier alpha value is -0.630. The summed E-state index contributed by atoms with van der Waals surface area (Å²) in [6, 6.07) is 2.93. The molecule has 1 aromatic rings. The molecule has 0 spiro atoms. The molecule has 112 valence electrons.